The fourth-order valence-corrected chi connectivity index (χ4v) is 2.36. The van der Waals surface area contributed by atoms with Crippen molar-refractivity contribution in [3.05, 3.63) is 50.7 Å². The van der Waals surface area contributed by atoms with Crippen LogP contribution in [0.15, 0.2) is 34.9 Å². The minimum Gasteiger partial charge on any atom is -0.494 e. The van der Waals surface area contributed by atoms with Gasteiger partial charge in [-0.2, -0.15) is 0 Å². The van der Waals surface area contributed by atoms with Gasteiger partial charge in [0.2, 0.25) is 0 Å². The predicted molar refractivity (Wildman–Crippen MR) is 80.7 cm³/mol. The van der Waals surface area contributed by atoms with Crippen molar-refractivity contribution in [3.8, 4) is 5.75 Å². The average Bonchev–Trinajstić information content (AvgIpc) is 2.78. The summed E-state index contributed by atoms with van der Waals surface area (Å²) in [4.78, 5) is 22.4. The zero-order chi connectivity index (χ0) is 15.6. The molecule has 8 heteroatoms. The normalized spacial score (nSPS) is 10.2. The summed E-state index contributed by atoms with van der Waals surface area (Å²) in [6.45, 7) is 0. The number of non-ortho nitro benzene ring substituents is 1. The minimum atomic E-state index is -0.525. The summed E-state index contributed by atoms with van der Waals surface area (Å²) in [5.74, 6) is -0.110. The highest BCUT2D eigenvalue weighted by Gasteiger charge is 2.16. The number of benzene rings is 1. The molecule has 0 fully saturated rings. The highest BCUT2D eigenvalue weighted by Crippen LogP contribution is 2.29. The molecule has 7 nitrogen and oxygen atoms in total. The van der Waals surface area contributed by atoms with Gasteiger partial charge in [0, 0.05) is 23.8 Å². The molecule has 0 aliphatic rings. The molecule has 0 saturated carbocycles. The fraction of sp³-hybridized carbons (Fsp3) is 0.154. The summed E-state index contributed by atoms with van der Waals surface area (Å²) in [6.07, 6.45) is 1.75. The molecule has 0 unspecified atom stereocenters. The first kappa shape index (κ1) is 15.0. The SMILES string of the molecule is COc1cc([N+](=O)[O-])ccc1NC(=O)c1cc(Br)cn1C. The van der Waals surface area contributed by atoms with Crippen LogP contribution in [-0.2, 0) is 7.05 Å². The second-order valence-electron chi connectivity index (χ2n) is 4.25. The third kappa shape index (κ3) is 3.22. The van der Waals surface area contributed by atoms with Gasteiger partial charge in [0.05, 0.1) is 23.8 Å². The largest absolute Gasteiger partial charge is 0.494 e. The number of nitro benzene ring substituents is 1. The Balaban J connectivity index is 2.29. The van der Waals surface area contributed by atoms with Crippen molar-refractivity contribution in [2.24, 2.45) is 7.05 Å². The molecular weight excluding hydrogens is 342 g/mol. The molecule has 1 N–H and O–H groups in total. The number of carbonyl (C=O) groups is 1. The number of nitrogens with one attached hydrogen (secondary N) is 1. The predicted octanol–water partition coefficient (Wildman–Crippen LogP) is 2.96. The number of anilines is 1. The number of hydrogen-bond donors (Lipinski definition) is 1. The summed E-state index contributed by atoms with van der Waals surface area (Å²) in [5, 5.41) is 13.4. The van der Waals surface area contributed by atoms with Crippen LogP contribution in [0, 0.1) is 10.1 Å². The van der Waals surface area contributed by atoms with Crippen molar-refractivity contribution in [2.75, 3.05) is 12.4 Å². The maximum absolute atomic E-state index is 12.2. The lowest BCUT2D eigenvalue weighted by molar-refractivity contribution is -0.384. The second-order valence-corrected chi connectivity index (χ2v) is 5.17. The van der Waals surface area contributed by atoms with Gasteiger partial charge in [0.1, 0.15) is 11.4 Å². The summed E-state index contributed by atoms with van der Waals surface area (Å²) in [5.41, 5.74) is 0.708. The first-order chi connectivity index (χ1) is 9.92. The van der Waals surface area contributed by atoms with Crippen molar-refractivity contribution in [3.63, 3.8) is 0 Å². The molecule has 2 aromatic rings. The van der Waals surface area contributed by atoms with E-state index in [9.17, 15) is 14.9 Å². The molecule has 110 valence electrons. The van der Waals surface area contributed by atoms with Crippen LogP contribution in [0.3, 0.4) is 0 Å². The number of amides is 1. The van der Waals surface area contributed by atoms with E-state index in [1.807, 2.05) is 0 Å². The van der Waals surface area contributed by atoms with Crippen molar-refractivity contribution in [1.29, 1.82) is 0 Å². The van der Waals surface area contributed by atoms with Gasteiger partial charge in [-0.15, -0.1) is 0 Å². The molecule has 2 rings (SSSR count). The van der Waals surface area contributed by atoms with E-state index in [2.05, 4.69) is 21.2 Å². The number of nitro groups is 1. The van der Waals surface area contributed by atoms with Crippen LogP contribution in [0.5, 0.6) is 5.75 Å². The lowest BCUT2D eigenvalue weighted by Crippen LogP contribution is -2.15. The smallest absolute Gasteiger partial charge is 0.273 e. The summed E-state index contributed by atoms with van der Waals surface area (Å²) >= 11 is 3.29. The van der Waals surface area contributed by atoms with Gasteiger partial charge in [-0.3, -0.25) is 14.9 Å². The Morgan fingerprint density at radius 2 is 2.14 bits per heavy atom. The second kappa shape index (κ2) is 5.96. The summed E-state index contributed by atoms with van der Waals surface area (Å²) in [6, 6.07) is 5.68. The average molecular weight is 354 g/mol. The Morgan fingerprint density at radius 1 is 1.43 bits per heavy atom. The number of nitrogens with zero attached hydrogens (tertiary/aromatic N) is 2. The number of aryl methyl sites for hydroxylation is 1. The fourth-order valence-electron chi connectivity index (χ4n) is 1.83. The van der Waals surface area contributed by atoms with Gasteiger partial charge >= 0.3 is 0 Å². The van der Waals surface area contributed by atoms with E-state index in [0.29, 0.717) is 11.4 Å². The molecule has 1 amide bonds. The molecule has 0 spiro atoms. The van der Waals surface area contributed by atoms with E-state index in [0.717, 1.165) is 4.47 Å². The third-order valence-corrected chi connectivity index (χ3v) is 3.28. The standard InChI is InChI=1S/C13H12BrN3O4/c1-16-7-8(14)5-11(16)13(18)15-10-4-3-9(17(19)20)6-12(10)21-2/h3-7H,1-2H3,(H,15,18). The van der Waals surface area contributed by atoms with E-state index >= 15 is 0 Å². The summed E-state index contributed by atoms with van der Waals surface area (Å²) < 4.78 is 7.52. The molecule has 0 bridgehead atoms. The van der Waals surface area contributed by atoms with Crippen LogP contribution in [0.2, 0.25) is 0 Å². The number of rotatable bonds is 4. The molecular formula is C13H12BrN3O4. The monoisotopic (exact) mass is 353 g/mol. The molecule has 1 aromatic heterocycles. The number of hydrogen-bond acceptors (Lipinski definition) is 4. The van der Waals surface area contributed by atoms with Crippen molar-refractivity contribution in [2.45, 2.75) is 0 Å². The molecule has 21 heavy (non-hydrogen) atoms. The highest BCUT2D eigenvalue weighted by molar-refractivity contribution is 9.10. The molecule has 0 radical (unpaired) electrons. The molecule has 0 saturated heterocycles. The maximum atomic E-state index is 12.2. The first-order valence-electron chi connectivity index (χ1n) is 5.88. The molecule has 0 aliphatic heterocycles. The zero-order valence-corrected chi connectivity index (χ0v) is 12.9. The number of aromatic nitrogens is 1. The topological polar surface area (TPSA) is 86.4 Å². The number of methoxy groups -OCH3 is 1. The zero-order valence-electron chi connectivity index (χ0n) is 11.3. The van der Waals surface area contributed by atoms with Gasteiger partial charge in [-0.05, 0) is 28.1 Å². The number of halogens is 1. The van der Waals surface area contributed by atoms with E-state index < -0.39 is 4.92 Å². The Labute approximate surface area is 128 Å². The van der Waals surface area contributed by atoms with Gasteiger partial charge in [0.15, 0.2) is 0 Å². The lowest BCUT2D eigenvalue weighted by Gasteiger charge is -2.10. The Morgan fingerprint density at radius 3 is 2.67 bits per heavy atom. The van der Waals surface area contributed by atoms with Crippen LogP contribution >= 0.6 is 15.9 Å². The number of ether oxygens (including phenoxy) is 1. The quantitative estimate of drug-likeness (QED) is 0.676. The van der Waals surface area contributed by atoms with Gasteiger partial charge < -0.3 is 14.6 Å². The Bertz CT molecular complexity index is 711. The van der Waals surface area contributed by atoms with Crippen LogP contribution in [-0.4, -0.2) is 22.5 Å². The van der Waals surface area contributed by atoms with Crippen molar-refractivity contribution < 1.29 is 14.5 Å². The van der Waals surface area contributed by atoms with E-state index in [1.54, 1.807) is 23.9 Å². The Hall–Kier alpha value is -2.35. The number of carbonyl (C=O) groups excluding carboxylic acids is 1. The highest BCUT2D eigenvalue weighted by atomic mass is 79.9. The van der Waals surface area contributed by atoms with Crippen molar-refractivity contribution in [1.82, 2.24) is 4.57 Å². The van der Waals surface area contributed by atoms with Crippen molar-refractivity contribution >= 4 is 33.2 Å². The summed E-state index contributed by atoms with van der Waals surface area (Å²) in [7, 11) is 3.13. The lowest BCUT2D eigenvalue weighted by atomic mass is 10.2. The molecule has 1 aromatic carbocycles. The van der Waals surface area contributed by atoms with Gasteiger partial charge in [0.25, 0.3) is 11.6 Å². The molecule has 0 atom stereocenters. The third-order valence-electron chi connectivity index (χ3n) is 2.85. The van der Waals surface area contributed by atoms with Crippen LogP contribution < -0.4 is 10.1 Å². The maximum Gasteiger partial charge on any atom is 0.273 e. The van der Waals surface area contributed by atoms with Crippen LogP contribution in [0.1, 0.15) is 10.5 Å². The minimum absolute atomic E-state index is 0.105. The molecule has 1 heterocycles. The Kier molecular flexibility index (Phi) is 4.27. The van der Waals surface area contributed by atoms with E-state index in [-0.39, 0.29) is 17.3 Å². The van der Waals surface area contributed by atoms with E-state index in [1.165, 1.54) is 25.3 Å². The first-order valence-corrected chi connectivity index (χ1v) is 6.67. The van der Waals surface area contributed by atoms with Crippen LogP contribution in [0.4, 0.5) is 11.4 Å². The van der Waals surface area contributed by atoms with Gasteiger partial charge in [-0.25, -0.2) is 0 Å². The van der Waals surface area contributed by atoms with E-state index in [4.69, 9.17) is 4.74 Å². The molecule has 0 aliphatic carbocycles. The van der Waals surface area contributed by atoms with Crippen LogP contribution in [0.25, 0.3) is 0 Å². The van der Waals surface area contributed by atoms with Gasteiger partial charge in [-0.1, -0.05) is 0 Å².